The second-order valence-corrected chi connectivity index (χ2v) is 12.0. The fraction of sp³-hybridized carbons (Fsp3) is 0.875. The molecule has 220 valence electrons. The van der Waals surface area contributed by atoms with Crippen LogP contribution in [0.15, 0.2) is 17.1 Å². The van der Waals surface area contributed by atoms with Gasteiger partial charge in [-0.05, 0) is 25.7 Å². The van der Waals surface area contributed by atoms with E-state index >= 15 is 0 Å². The van der Waals surface area contributed by atoms with Crippen LogP contribution < -0.4 is 4.57 Å². The predicted molar refractivity (Wildman–Crippen MR) is 157 cm³/mol. The topological polar surface area (TPSA) is 48.6 Å². The maximum atomic E-state index is 12.0. The smallest absolute Gasteiger partial charge is 0.305 e. The molecule has 38 heavy (non-hydrogen) atoms. The number of carbonyl (C=O) groups excluding carboxylic acids is 1. The molecule has 0 amide bonds. The molecule has 0 saturated carbocycles. The maximum Gasteiger partial charge on any atom is 0.305 e. The number of aromatic nitrogens is 1. The van der Waals surface area contributed by atoms with E-state index in [0.29, 0.717) is 19.6 Å². The van der Waals surface area contributed by atoms with Crippen molar-refractivity contribution in [2.75, 3.05) is 13.2 Å². The summed E-state index contributed by atoms with van der Waals surface area (Å²) in [7, 11) is 0. The van der Waals surface area contributed by atoms with Crippen molar-refractivity contribution in [3.8, 4) is 0 Å². The SMILES string of the molecule is CCCCCCCCCCCCCCCCCC1OCC(COC(=O)CCCCCCC[n+]2ccsc2)O1. The van der Waals surface area contributed by atoms with Crippen molar-refractivity contribution >= 4 is 17.3 Å². The van der Waals surface area contributed by atoms with E-state index in [1.54, 1.807) is 11.3 Å². The van der Waals surface area contributed by atoms with E-state index in [1.165, 1.54) is 109 Å². The van der Waals surface area contributed by atoms with E-state index in [0.717, 1.165) is 32.2 Å². The Morgan fingerprint density at radius 1 is 0.816 bits per heavy atom. The molecule has 0 N–H and O–H groups in total. The lowest BCUT2D eigenvalue weighted by atomic mass is 10.0. The number of thiazole rings is 1. The Morgan fingerprint density at radius 2 is 1.39 bits per heavy atom. The van der Waals surface area contributed by atoms with Crippen molar-refractivity contribution in [2.45, 2.75) is 167 Å². The number of hydrogen-bond acceptors (Lipinski definition) is 5. The first kappa shape index (κ1) is 33.2. The van der Waals surface area contributed by atoms with Gasteiger partial charge in [0.15, 0.2) is 12.5 Å². The summed E-state index contributed by atoms with van der Waals surface area (Å²) in [6.45, 7) is 4.24. The number of hydrogen-bond donors (Lipinski definition) is 0. The Morgan fingerprint density at radius 3 is 2.00 bits per heavy atom. The van der Waals surface area contributed by atoms with Crippen molar-refractivity contribution in [3.05, 3.63) is 17.1 Å². The molecule has 2 heterocycles. The molecule has 5 nitrogen and oxygen atoms in total. The molecule has 1 aliphatic rings. The van der Waals surface area contributed by atoms with Crippen LogP contribution in [0.25, 0.3) is 0 Å². The van der Waals surface area contributed by atoms with Crippen LogP contribution in [-0.4, -0.2) is 31.6 Å². The molecule has 1 fully saturated rings. The van der Waals surface area contributed by atoms with Crippen molar-refractivity contribution in [1.29, 1.82) is 0 Å². The van der Waals surface area contributed by atoms with E-state index in [4.69, 9.17) is 14.2 Å². The number of aryl methyl sites for hydroxylation is 1. The number of carbonyl (C=O) groups is 1. The first-order valence-corrected chi connectivity index (χ1v) is 17.1. The molecular formula is C32H58NO4S+. The normalized spacial score (nSPS) is 17.3. The van der Waals surface area contributed by atoms with Crippen LogP contribution in [0, 0.1) is 0 Å². The largest absolute Gasteiger partial charge is 0.463 e. The molecule has 2 atom stereocenters. The standard InChI is InChI=1S/C32H58NO4S/c1-2-3-4-5-6-7-8-9-10-11-12-13-14-17-20-23-32-36-28-30(37-32)27-35-31(34)22-19-16-15-18-21-24-33-25-26-38-29-33/h25-26,29-30,32H,2-24,27-28H2,1H3/q+1. The van der Waals surface area contributed by atoms with Gasteiger partial charge in [0.2, 0.25) is 5.51 Å². The quantitative estimate of drug-likeness (QED) is 0.0654. The van der Waals surface area contributed by atoms with Gasteiger partial charge in [0.25, 0.3) is 0 Å². The molecule has 0 aromatic carbocycles. The highest BCUT2D eigenvalue weighted by Gasteiger charge is 2.26. The highest BCUT2D eigenvalue weighted by molar-refractivity contribution is 7.07. The highest BCUT2D eigenvalue weighted by atomic mass is 32.1. The van der Waals surface area contributed by atoms with Crippen LogP contribution in [-0.2, 0) is 25.5 Å². The first-order chi connectivity index (χ1) is 18.8. The average Bonchev–Trinajstić information content (AvgIpc) is 3.61. The third-order valence-corrected chi connectivity index (χ3v) is 8.28. The van der Waals surface area contributed by atoms with Gasteiger partial charge in [-0.1, -0.05) is 121 Å². The van der Waals surface area contributed by atoms with Gasteiger partial charge in [0, 0.05) is 12.8 Å². The highest BCUT2D eigenvalue weighted by Crippen LogP contribution is 2.19. The molecule has 1 aliphatic heterocycles. The van der Waals surface area contributed by atoms with Gasteiger partial charge in [0.05, 0.1) is 12.0 Å². The van der Waals surface area contributed by atoms with E-state index < -0.39 is 0 Å². The van der Waals surface area contributed by atoms with Crippen LogP contribution in [0.4, 0.5) is 0 Å². The lowest BCUT2D eigenvalue weighted by Gasteiger charge is -2.12. The lowest BCUT2D eigenvalue weighted by molar-refractivity contribution is -0.692. The van der Waals surface area contributed by atoms with Gasteiger partial charge in [0.1, 0.15) is 19.3 Å². The van der Waals surface area contributed by atoms with Gasteiger partial charge in [-0.25, -0.2) is 0 Å². The van der Waals surface area contributed by atoms with Gasteiger partial charge in [-0.2, -0.15) is 4.57 Å². The van der Waals surface area contributed by atoms with Crippen LogP contribution in [0.5, 0.6) is 0 Å². The van der Waals surface area contributed by atoms with E-state index in [9.17, 15) is 4.79 Å². The summed E-state index contributed by atoms with van der Waals surface area (Å²) >= 11 is 1.73. The Bertz CT molecular complexity index is 654. The summed E-state index contributed by atoms with van der Waals surface area (Å²) in [6.07, 6.45) is 29.6. The molecule has 1 aromatic rings. The van der Waals surface area contributed by atoms with Gasteiger partial charge >= 0.3 is 5.97 Å². The minimum Gasteiger partial charge on any atom is -0.463 e. The van der Waals surface area contributed by atoms with Gasteiger partial charge in [-0.15, -0.1) is 0 Å². The first-order valence-electron chi connectivity index (χ1n) is 16.1. The maximum absolute atomic E-state index is 12.0. The fourth-order valence-electron chi connectivity index (χ4n) is 5.17. The fourth-order valence-corrected chi connectivity index (χ4v) is 5.80. The molecule has 2 rings (SSSR count). The Balaban J connectivity index is 1.29. The van der Waals surface area contributed by atoms with Crippen molar-refractivity contribution in [1.82, 2.24) is 0 Å². The number of unbranched alkanes of at least 4 members (excludes halogenated alkanes) is 18. The Hall–Kier alpha value is -0.980. The second kappa shape index (κ2) is 23.9. The molecular weight excluding hydrogens is 494 g/mol. The summed E-state index contributed by atoms with van der Waals surface area (Å²) in [4.78, 5) is 12.0. The Kier molecular flexibility index (Phi) is 20.9. The third-order valence-electron chi connectivity index (χ3n) is 7.61. The second-order valence-electron chi connectivity index (χ2n) is 11.2. The minimum absolute atomic E-state index is 0.102. The number of nitrogens with zero attached hydrogens (tertiary/aromatic N) is 1. The lowest BCUT2D eigenvalue weighted by Crippen LogP contribution is -2.29. The monoisotopic (exact) mass is 552 g/mol. The van der Waals surface area contributed by atoms with Gasteiger partial charge < -0.3 is 14.2 Å². The van der Waals surface area contributed by atoms with E-state index in [-0.39, 0.29) is 18.4 Å². The third kappa shape index (κ3) is 18.3. The number of esters is 1. The van der Waals surface area contributed by atoms with Crippen molar-refractivity contribution < 1.29 is 23.6 Å². The molecule has 0 radical (unpaired) electrons. The van der Waals surface area contributed by atoms with Crippen molar-refractivity contribution in [2.24, 2.45) is 0 Å². The summed E-state index contributed by atoms with van der Waals surface area (Å²) < 4.78 is 19.4. The molecule has 0 spiro atoms. The Labute approximate surface area is 238 Å². The molecule has 2 unspecified atom stereocenters. The van der Waals surface area contributed by atoms with E-state index in [1.807, 2.05) is 0 Å². The zero-order valence-corrected chi connectivity index (χ0v) is 25.4. The molecule has 0 bridgehead atoms. The van der Waals surface area contributed by atoms with Crippen LogP contribution >= 0.6 is 11.3 Å². The molecule has 6 heteroatoms. The van der Waals surface area contributed by atoms with Crippen LogP contribution in [0.3, 0.4) is 0 Å². The zero-order valence-electron chi connectivity index (χ0n) is 24.6. The number of ether oxygens (including phenoxy) is 3. The summed E-state index contributed by atoms with van der Waals surface area (Å²) in [5, 5.41) is 2.11. The molecule has 1 aromatic heterocycles. The summed E-state index contributed by atoms with van der Waals surface area (Å²) in [5.74, 6) is -0.103. The summed E-state index contributed by atoms with van der Waals surface area (Å²) in [5.41, 5.74) is 2.15. The zero-order chi connectivity index (χ0) is 26.9. The van der Waals surface area contributed by atoms with Crippen molar-refractivity contribution in [3.63, 3.8) is 0 Å². The van der Waals surface area contributed by atoms with Gasteiger partial charge in [-0.3, -0.25) is 4.79 Å². The predicted octanol–water partition coefficient (Wildman–Crippen LogP) is 8.92. The molecule has 0 aliphatic carbocycles. The number of rotatable bonds is 26. The van der Waals surface area contributed by atoms with Crippen LogP contribution in [0.2, 0.25) is 0 Å². The molecule has 1 saturated heterocycles. The summed E-state index contributed by atoms with van der Waals surface area (Å²) in [6, 6.07) is 0. The average molecular weight is 553 g/mol. The minimum atomic E-state index is -0.118. The van der Waals surface area contributed by atoms with E-state index in [2.05, 4.69) is 28.6 Å². The van der Waals surface area contributed by atoms with Crippen LogP contribution in [0.1, 0.15) is 148 Å².